The molecule has 12 nitrogen and oxygen atoms in total. The molecule has 4 rings (SSSR count). The minimum absolute atomic E-state index is 0.122. The lowest BCUT2D eigenvalue weighted by molar-refractivity contribution is -0.143. The average Bonchev–Trinajstić information content (AvgIpc) is 3.65. The van der Waals surface area contributed by atoms with Crippen LogP contribution < -0.4 is 15.8 Å². The molecule has 3 N–H and O–H groups in total. The number of halogens is 1. The number of aromatic nitrogens is 4. The van der Waals surface area contributed by atoms with Crippen LogP contribution >= 0.6 is 0 Å². The minimum atomic E-state index is -0.948. The largest absolute Gasteiger partial charge is 0.481 e. The summed E-state index contributed by atoms with van der Waals surface area (Å²) in [6.07, 6.45) is 0.626. The second kappa shape index (κ2) is 12.7. The fraction of sp³-hybridized carbons (Fsp3) is 0.357. The van der Waals surface area contributed by atoms with Gasteiger partial charge in [-0.05, 0) is 56.7 Å². The summed E-state index contributed by atoms with van der Waals surface area (Å²) in [7, 11) is 0. The van der Waals surface area contributed by atoms with Crippen LogP contribution in [-0.4, -0.2) is 50.8 Å². The van der Waals surface area contributed by atoms with Crippen molar-refractivity contribution in [2.24, 2.45) is 5.73 Å². The molecule has 0 aliphatic carbocycles. The summed E-state index contributed by atoms with van der Waals surface area (Å²) < 4.78 is 36.5. The lowest BCUT2D eigenvalue weighted by Gasteiger charge is -2.25. The molecule has 4 aromatic rings. The first-order valence-corrected chi connectivity index (χ1v) is 13.0. The van der Waals surface area contributed by atoms with E-state index in [0.29, 0.717) is 35.9 Å². The molecule has 0 saturated heterocycles. The third-order valence-electron chi connectivity index (χ3n) is 5.93. The van der Waals surface area contributed by atoms with Crippen LogP contribution in [-0.2, 0) is 16.0 Å². The van der Waals surface area contributed by atoms with Crippen LogP contribution in [0.25, 0.3) is 22.8 Å². The van der Waals surface area contributed by atoms with Crippen LogP contribution in [0.5, 0.6) is 5.75 Å². The molecule has 0 aliphatic heterocycles. The summed E-state index contributed by atoms with van der Waals surface area (Å²) in [5.41, 5.74) is 5.18. The number of nitrogens with zero attached hydrogens (tertiary/aromatic N) is 4. The quantitative estimate of drug-likeness (QED) is 0.237. The summed E-state index contributed by atoms with van der Waals surface area (Å²) in [5.74, 6) is -0.0832. The van der Waals surface area contributed by atoms with Crippen molar-refractivity contribution in [2.75, 3.05) is 13.2 Å². The zero-order valence-corrected chi connectivity index (χ0v) is 23.1. The predicted octanol–water partition coefficient (Wildman–Crippen LogP) is 4.03. The van der Waals surface area contributed by atoms with Crippen LogP contribution in [0.3, 0.4) is 0 Å². The molecule has 0 aliphatic rings. The van der Waals surface area contributed by atoms with Gasteiger partial charge >= 0.3 is 5.97 Å². The maximum atomic E-state index is 14.9. The highest BCUT2D eigenvalue weighted by atomic mass is 19.1. The third kappa shape index (κ3) is 7.31. The van der Waals surface area contributed by atoms with Gasteiger partial charge in [-0.25, -0.2) is 4.39 Å². The zero-order valence-electron chi connectivity index (χ0n) is 23.1. The molecule has 216 valence electrons. The number of hydrogen-bond donors (Lipinski definition) is 2. The number of carbonyl (C=O) groups is 2. The molecule has 13 heteroatoms. The number of esters is 1. The Kier molecular flexibility index (Phi) is 9.07. The van der Waals surface area contributed by atoms with Gasteiger partial charge in [0.05, 0.1) is 17.6 Å². The van der Waals surface area contributed by atoms with Crippen molar-refractivity contribution in [1.82, 2.24) is 25.6 Å². The molecular weight excluding hydrogens is 535 g/mol. The van der Waals surface area contributed by atoms with Gasteiger partial charge in [-0.15, -0.1) is 0 Å². The minimum Gasteiger partial charge on any atom is -0.481 e. The van der Waals surface area contributed by atoms with E-state index in [-0.39, 0.29) is 30.4 Å². The average molecular weight is 567 g/mol. The van der Waals surface area contributed by atoms with Crippen LogP contribution in [0.4, 0.5) is 4.39 Å². The Morgan fingerprint density at radius 1 is 1.02 bits per heavy atom. The monoisotopic (exact) mass is 566 g/mol. The molecule has 2 aromatic heterocycles. The summed E-state index contributed by atoms with van der Waals surface area (Å²) >= 11 is 0. The molecule has 1 atom stereocenters. The SMILES string of the molecule is CCc1nc(-c2ccc(OC(CC)c3nc(-c4ccc(C(=O)NC(C)(C)COC(=O)CN)c(F)c4)no3)cc2)no1. The topological polar surface area (TPSA) is 168 Å². The second-order valence-corrected chi connectivity index (χ2v) is 9.76. The van der Waals surface area contributed by atoms with Gasteiger partial charge in [0.15, 0.2) is 6.10 Å². The molecule has 41 heavy (non-hydrogen) atoms. The number of ether oxygens (including phenoxy) is 2. The maximum absolute atomic E-state index is 14.9. The van der Waals surface area contributed by atoms with E-state index in [1.165, 1.54) is 12.1 Å². The number of amides is 1. The van der Waals surface area contributed by atoms with E-state index in [4.69, 9.17) is 24.3 Å². The maximum Gasteiger partial charge on any atom is 0.319 e. The predicted molar refractivity (Wildman–Crippen MR) is 144 cm³/mol. The van der Waals surface area contributed by atoms with Gasteiger partial charge in [0.2, 0.25) is 17.5 Å². The summed E-state index contributed by atoms with van der Waals surface area (Å²) in [6.45, 7) is 6.71. The van der Waals surface area contributed by atoms with E-state index in [2.05, 4.69) is 25.6 Å². The molecule has 1 amide bonds. The van der Waals surface area contributed by atoms with E-state index in [9.17, 15) is 14.0 Å². The van der Waals surface area contributed by atoms with Crippen LogP contribution in [0.2, 0.25) is 0 Å². The Morgan fingerprint density at radius 2 is 1.71 bits per heavy atom. The van der Waals surface area contributed by atoms with Gasteiger partial charge in [0.25, 0.3) is 11.8 Å². The standard InChI is InChI=1S/C28H31FN6O6/c1-5-21(39-18-10-7-16(8-11-18)24-31-22(6-2)40-34-24)27-32-25(35-41-27)17-9-12-19(20(29)13-17)26(37)33-28(3,4)15-38-23(36)14-30/h7-13,21H,5-6,14-15,30H2,1-4H3,(H,33,37). The Balaban J connectivity index is 1.42. The van der Waals surface area contributed by atoms with Gasteiger partial charge in [-0.2, -0.15) is 9.97 Å². The van der Waals surface area contributed by atoms with Crippen molar-refractivity contribution in [3.63, 3.8) is 0 Å². The molecule has 2 heterocycles. The lowest BCUT2D eigenvalue weighted by Crippen LogP contribution is -2.48. The normalized spacial score (nSPS) is 12.1. The van der Waals surface area contributed by atoms with Crippen molar-refractivity contribution >= 4 is 11.9 Å². The van der Waals surface area contributed by atoms with E-state index >= 15 is 0 Å². The Morgan fingerprint density at radius 3 is 2.34 bits per heavy atom. The van der Waals surface area contributed by atoms with Gasteiger partial charge in [-0.3, -0.25) is 9.59 Å². The van der Waals surface area contributed by atoms with Gasteiger partial charge in [0.1, 0.15) is 18.2 Å². The molecule has 0 fully saturated rings. The van der Waals surface area contributed by atoms with Gasteiger partial charge in [-0.1, -0.05) is 30.2 Å². The fourth-order valence-electron chi connectivity index (χ4n) is 3.72. The van der Waals surface area contributed by atoms with Crippen molar-refractivity contribution < 1.29 is 32.5 Å². The van der Waals surface area contributed by atoms with Crippen LogP contribution in [0.1, 0.15) is 62.4 Å². The molecule has 2 aromatic carbocycles. The third-order valence-corrected chi connectivity index (χ3v) is 5.93. The first-order valence-electron chi connectivity index (χ1n) is 13.0. The number of benzene rings is 2. The first-order chi connectivity index (χ1) is 19.6. The highest BCUT2D eigenvalue weighted by Gasteiger charge is 2.26. The highest BCUT2D eigenvalue weighted by Crippen LogP contribution is 2.28. The van der Waals surface area contributed by atoms with Crippen LogP contribution in [0, 0.1) is 5.82 Å². The van der Waals surface area contributed by atoms with Crippen molar-refractivity contribution in [2.45, 2.75) is 52.2 Å². The molecular formula is C28H31FN6O6. The van der Waals surface area contributed by atoms with E-state index in [1.54, 1.807) is 26.0 Å². The second-order valence-electron chi connectivity index (χ2n) is 9.76. The number of rotatable bonds is 12. The fourth-order valence-corrected chi connectivity index (χ4v) is 3.72. The van der Waals surface area contributed by atoms with Crippen molar-refractivity contribution in [3.05, 3.63) is 65.6 Å². The van der Waals surface area contributed by atoms with Gasteiger partial charge < -0.3 is 29.6 Å². The molecule has 0 radical (unpaired) electrons. The van der Waals surface area contributed by atoms with Gasteiger partial charge in [0, 0.05) is 17.5 Å². The number of hydrogen-bond acceptors (Lipinski definition) is 11. The van der Waals surface area contributed by atoms with Crippen molar-refractivity contribution in [1.29, 1.82) is 0 Å². The molecule has 0 spiro atoms. The molecule has 0 bridgehead atoms. The smallest absolute Gasteiger partial charge is 0.319 e. The molecule has 1 unspecified atom stereocenters. The zero-order chi connectivity index (χ0) is 29.6. The molecule has 0 saturated carbocycles. The van der Waals surface area contributed by atoms with E-state index in [0.717, 1.165) is 11.6 Å². The van der Waals surface area contributed by atoms with E-state index < -0.39 is 29.3 Å². The van der Waals surface area contributed by atoms with E-state index in [1.807, 2.05) is 26.0 Å². The van der Waals surface area contributed by atoms with Crippen molar-refractivity contribution in [3.8, 4) is 28.5 Å². The number of aryl methyl sites for hydroxylation is 1. The van der Waals surface area contributed by atoms with Crippen LogP contribution in [0.15, 0.2) is 51.5 Å². The Labute approximate surface area is 235 Å². The number of nitrogens with one attached hydrogen (secondary N) is 1. The summed E-state index contributed by atoms with van der Waals surface area (Å²) in [6, 6.07) is 11.2. The lowest BCUT2D eigenvalue weighted by atomic mass is 10.0. The summed E-state index contributed by atoms with van der Waals surface area (Å²) in [5, 5.41) is 10.6. The highest BCUT2D eigenvalue weighted by molar-refractivity contribution is 5.95. The Bertz CT molecular complexity index is 1500. The Hall–Kier alpha value is -4.65. The first kappa shape index (κ1) is 29.3. The number of nitrogens with two attached hydrogens (primary N) is 1. The number of carbonyl (C=O) groups excluding carboxylic acids is 2. The summed E-state index contributed by atoms with van der Waals surface area (Å²) in [4.78, 5) is 32.7.